The van der Waals surface area contributed by atoms with Crippen LogP contribution in [0, 0.1) is 0 Å². The van der Waals surface area contributed by atoms with Gasteiger partial charge >= 0.3 is 0 Å². The van der Waals surface area contributed by atoms with Gasteiger partial charge in [-0.2, -0.15) is 0 Å². The first-order chi connectivity index (χ1) is 11.2. The van der Waals surface area contributed by atoms with Crippen molar-refractivity contribution in [1.82, 2.24) is 0 Å². The molecule has 0 saturated carbocycles. The van der Waals surface area contributed by atoms with Crippen LogP contribution >= 0.6 is 11.6 Å². The van der Waals surface area contributed by atoms with Gasteiger partial charge in [-0.1, -0.05) is 23.7 Å². The normalized spacial score (nSPS) is 31.9. The van der Waals surface area contributed by atoms with Crippen LogP contribution in [0.25, 0.3) is 0 Å². The molecule has 2 fully saturated rings. The van der Waals surface area contributed by atoms with E-state index >= 15 is 0 Å². The summed E-state index contributed by atoms with van der Waals surface area (Å²) in [6.07, 6.45) is 2.71. The van der Waals surface area contributed by atoms with E-state index in [1.807, 2.05) is 17.0 Å². The molecule has 2 saturated heterocycles. The minimum Gasteiger partial charge on any atom is -0.391 e. The molecule has 23 heavy (non-hydrogen) atoms. The van der Waals surface area contributed by atoms with Crippen molar-refractivity contribution >= 4 is 11.6 Å². The first kappa shape index (κ1) is 17.2. The number of nitrogens with one attached hydrogen (secondary N) is 3. The number of aliphatic hydroxyl groups is 1. The first-order valence-corrected chi connectivity index (χ1v) is 9.49. The van der Waals surface area contributed by atoms with Gasteiger partial charge in [-0.15, -0.1) is 0 Å². The van der Waals surface area contributed by atoms with Gasteiger partial charge in [0.05, 0.1) is 25.7 Å². The number of aliphatic hydroxyl groups excluding tert-OH is 1. The Labute approximate surface area is 144 Å². The number of rotatable bonds is 5. The number of benzene rings is 1. The molecular weight excluding hydrogens is 310 g/mol. The summed E-state index contributed by atoms with van der Waals surface area (Å²) >= 11 is 5.96. The molecule has 2 heterocycles. The number of piperidine rings is 1. The molecule has 2 aliphatic heterocycles. The Morgan fingerprint density at radius 1 is 0.913 bits per heavy atom. The number of quaternary nitrogens is 3. The Balaban J connectivity index is 1.41. The van der Waals surface area contributed by atoms with E-state index in [2.05, 4.69) is 12.1 Å². The van der Waals surface area contributed by atoms with Crippen molar-refractivity contribution in [1.29, 1.82) is 0 Å². The van der Waals surface area contributed by atoms with Crippen LogP contribution in [0.2, 0.25) is 5.02 Å². The van der Waals surface area contributed by atoms with E-state index in [4.69, 9.17) is 16.7 Å². The molecule has 3 rings (SSSR count). The fourth-order valence-electron chi connectivity index (χ4n) is 4.24. The number of piperazine rings is 1. The Morgan fingerprint density at radius 3 is 2.17 bits per heavy atom. The van der Waals surface area contributed by atoms with Crippen molar-refractivity contribution in [3.8, 4) is 0 Å². The summed E-state index contributed by atoms with van der Waals surface area (Å²) in [6, 6.07) is 9.19. The third kappa shape index (κ3) is 4.91. The third-order valence-corrected chi connectivity index (χ3v) is 5.95. The SMILES string of the molecule is OCC[NH+]1CC[NH+](C2CC[NH+](Cc3ccc(Cl)cc3)CC2)CC1. The summed E-state index contributed by atoms with van der Waals surface area (Å²) in [4.78, 5) is 5.12. The zero-order valence-corrected chi connectivity index (χ0v) is 14.7. The smallest absolute Gasteiger partial charge is 0.127 e. The number of hydrogen-bond acceptors (Lipinski definition) is 1. The second-order valence-corrected chi connectivity index (χ2v) is 7.65. The fraction of sp³-hybridized carbons (Fsp3) is 0.667. The van der Waals surface area contributed by atoms with Crippen LogP contribution in [0.3, 0.4) is 0 Å². The van der Waals surface area contributed by atoms with E-state index in [1.165, 1.54) is 57.7 Å². The average molecular weight is 341 g/mol. The van der Waals surface area contributed by atoms with Gasteiger partial charge in [0.1, 0.15) is 39.3 Å². The third-order valence-electron chi connectivity index (χ3n) is 5.70. The van der Waals surface area contributed by atoms with Crippen molar-refractivity contribution in [2.45, 2.75) is 25.4 Å². The summed E-state index contributed by atoms with van der Waals surface area (Å²) in [5.41, 5.74) is 1.40. The fourth-order valence-corrected chi connectivity index (χ4v) is 4.37. The number of likely N-dealkylation sites (tertiary alicyclic amines) is 1. The predicted octanol–water partition coefficient (Wildman–Crippen LogP) is -2.34. The molecule has 1 aromatic carbocycles. The molecule has 4 nitrogen and oxygen atoms in total. The van der Waals surface area contributed by atoms with Gasteiger partial charge in [-0.3, -0.25) is 0 Å². The van der Waals surface area contributed by atoms with Crippen LogP contribution in [0.1, 0.15) is 18.4 Å². The number of hydrogen-bond donors (Lipinski definition) is 4. The maximum absolute atomic E-state index is 9.06. The monoisotopic (exact) mass is 340 g/mol. The van der Waals surface area contributed by atoms with Crippen molar-refractivity contribution in [2.75, 3.05) is 52.4 Å². The highest BCUT2D eigenvalue weighted by atomic mass is 35.5. The second kappa shape index (κ2) is 8.45. The number of halogens is 1. The van der Waals surface area contributed by atoms with E-state index in [1.54, 1.807) is 9.80 Å². The van der Waals surface area contributed by atoms with Crippen molar-refractivity contribution < 1.29 is 19.8 Å². The van der Waals surface area contributed by atoms with Crippen LogP contribution in [0.15, 0.2) is 24.3 Å². The van der Waals surface area contributed by atoms with E-state index in [-0.39, 0.29) is 0 Å². The standard InChI is InChI=1S/C18H28ClN3O/c19-17-3-1-16(2-4-17)15-21-7-5-18(6-8-21)22-11-9-20(10-12-22)13-14-23/h1-4,18,23H,5-15H2/p+3. The molecule has 0 unspecified atom stereocenters. The van der Waals surface area contributed by atoms with Gasteiger partial charge in [0.15, 0.2) is 0 Å². The zero-order chi connectivity index (χ0) is 16.1. The van der Waals surface area contributed by atoms with E-state index in [0.29, 0.717) is 6.61 Å². The maximum atomic E-state index is 9.06. The Hall–Kier alpha value is -0.650. The summed E-state index contributed by atoms with van der Waals surface area (Å²) in [5, 5.41) is 9.89. The summed E-state index contributed by atoms with van der Waals surface area (Å²) in [6.45, 7) is 10.0. The van der Waals surface area contributed by atoms with E-state index in [9.17, 15) is 0 Å². The van der Waals surface area contributed by atoms with Gasteiger partial charge in [-0.05, 0) is 12.1 Å². The highest BCUT2D eigenvalue weighted by Gasteiger charge is 2.33. The Kier molecular flexibility index (Phi) is 6.31. The van der Waals surface area contributed by atoms with Crippen molar-refractivity contribution in [2.24, 2.45) is 0 Å². The zero-order valence-electron chi connectivity index (χ0n) is 14.0. The Bertz CT molecular complexity index is 466. The lowest BCUT2D eigenvalue weighted by Gasteiger charge is -2.37. The first-order valence-electron chi connectivity index (χ1n) is 9.11. The quantitative estimate of drug-likeness (QED) is 0.476. The van der Waals surface area contributed by atoms with Crippen LogP contribution < -0.4 is 14.7 Å². The minimum atomic E-state index is 0.330. The maximum Gasteiger partial charge on any atom is 0.127 e. The molecule has 2 aliphatic rings. The van der Waals surface area contributed by atoms with Gasteiger partial charge in [0.2, 0.25) is 0 Å². The summed E-state index contributed by atoms with van der Waals surface area (Å²) in [5.74, 6) is 0. The van der Waals surface area contributed by atoms with Gasteiger partial charge in [-0.25, -0.2) is 0 Å². The van der Waals surface area contributed by atoms with Gasteiger partial charge in [0, 0.05) is 23.4 Å². The molecule has 5 heteroatoms. The summed E-state index contributed by atoms with van der Waals surface area (Å²) in [7, 11) is 0. The van der Waals surface area contributed by atoms with Crippen molar-refractivity contribution in [3.05, 3.63) is 34.9 Å². The average Bonchev–Trinajstić information content (AvgIpc) is 2.59. The van der Waals surface area contributed by atoms with Crippen LogP contribution in [0.4, 0.5) is 0 Å². The van der Waals surface area contributed by atoms with Crippen LogP contribution in [-0.2, 0) is 6.54 Å². The molecular formula is C18H31ClN3O+3. The molecule has 128 valence electrons. The predicted molar refractivity (Wildman–Crippen MR) is 92.2 cm³/mol. The highest BCUT2D eigenvalue weighted by Crippen LogP contribution is 2.08. The van der Waals surface area contributed by atoms with Crippen molar-refractivity contribution in [3.63, 3.8) is 0 Å². The lowest BCUT2D eigenvalue weighted by molar-refractivity contribution is -1.03. The van der Waals surface area contributed by atoms with Gasteiger partial charge in [0.25, 0.3) is 0 Å². The minimum absolute atomic E-state index is 0.330. The molecule has 0 aromatic heterocycles. The molecule has 1 aromatic rings. The van der Waals surface area contributed by atoms with Gasteiger partial charge < -0.3 is 19.8 Å². The second-order valence-electron chi connectivity index (χ2n) is 7.21. The molecule has 0 radical (unpaired) electrons. The largest absolute Gasteiger partial charge is 0.391 e. The Morgan fingerprint density at radius 2 is 1.57 bits per heavy atom. The van der Waals surface area contributed by atoms with Crippen LogP contribution in [0.5, 0.6) is 0 Å². The highest BCUT2D eigenvalue weighted by molar-refractivity contribution is 6.30. The molecule has 0 spiro atoms. The van der Waals surface area contributed by atoms with E-state index in [0.717, 1.165) is 24.2 Å². The molecule has 0 bridgehead atoms. The molecule has 0 aliphatic carbocycles. The van der Waals surface area contributed by atoms with E-state index < -0.39 is 0 Å². The topological polar surface area (TPSA) is 33.6 Å². The lowest BCUT2D eigenvalue weighted by Crippen LogP contribution is -3.30. The lowest BCUT2D eigenvalue weighted by atomic mass is 10.0. The van der Waals surface area contributed by atoms with Crippen LogP contribution in [-0.4, -0.2) is 63.6 Å². The molecule has 0 amide bonds. The molecule has 4 N–H and O–H groups in total. The summed E-state index contributed by atoms with van der Waals surface area (Å²) < 4.78 is 0. The molecule has 0 atom stereocenters.